The van der Waals surface area contributed by atoms with E-state index in [9.17, 15) is 4.79 Å². The number of amides is 1. The quantitative estimate of drug-likeness (QED) is 0.542. The van der Waals surface area contributed by atoms with Crippen LogP contribution in [-0.2, 0) is 10.2 Å². The van der Waals surface area contributed by atoms with Crippen molar-refractivity contribution in [3.8, 4) is 22.8 Å². The highest BCUT2D eigenvalue weighted by atomic mass is 32.2. The summed E-state index contributed by atoms with van der Waals surface area (Å²) in [7, 11) is 0. The second-order valence-electron chi connectivity index (χ2n) is 7.61. The van der Waals surface area contributed by atoms with Crippen molar-refractivity contribution in [2.75, 3.05) is 24.5 Å². The van der Waals surface area contributed by atoms with Crippen LogP contribution in [0.4, 0.5) is 5.82 Å². The van der Waals surface area contributed by atoms with E-state index in [1.165, 1.54) is 0 Å². The summed E-state index contributed by atoms with van der Waals surface area (Å²) in [5.74, 6) is 2.57. The number of hydrogen-bond donors (Lipinski definition) is 2. The summed E-state index contributed by atoms with van der Waals surface area (Å²) in [6, 6.07) is 19.4. The van der Waals surface area contributed by atoms with Crippen LogP contribution in [0.3, 0.4) is 0 Å². The van der Waals surface area contributed by atoms with Gasteiger partial charge in [0.25, 0.3) is 0 Å². The summed E-state index contributed by atoms with van der Waals surface area (Å²) in [6.07, 6.45) is 1.59. The first kappa shape index (κ1) is 19.9. The molecule has 0 spiro atoms. The Hall–Kier alpha value is -3.03. The Kier molecular flexibility index (Phi) is 5.29. The Morgan fingerprint density at radius 3 is 2.65 bits per heavy atom. The molecule has 1 aliphatic carbocycles. The van der Waals surface area contributed by atoms with Crippen molar-refractivity contribution in [2.45, 2.75) is 23.2 Å². The summed E-state index contributed by atoms with van der Waals surface area (Å²) in [5.41, 5.74) is 2.18. The van der Waals surface area contributed by atoms with Gasteiger partial charge in [-0.3, -0.25) is 4.79 Å². The van der Waals surface area contributed by atoms with Crippen molar-refractivity contribution in [3.05, 3.63) is 66.2 Å². The van der Waals surface area contributed by atoms with Gasteiger partial charge in [-0.1, -0.05) is 24.3 Å². The fraction of sp³-hybridized carbons (Fsp3) is 0.250. The van der Waals surface area contributed by atoms with Gasteiger partial charge in [-0.2, -0.15) is 0 Å². The van der Waals surface area contributed by atoms with E-state index < -0.39 is 5.41 Å². The highest BCUT2D eigenvalue weighted by Crippen LogP contribution is 2.51. The van der Waals surface area contributed by atoms with E-state index in [2.05, 4.69) is 10.3 Å². The monoisotopic (exact) mass is 434 g/mol. The molecule has 1 amide bonds. The van der Waals surface area contributed by atoms with Crippen LogP contribution in [0.1, 0.15) is 18.4 Å². The molecule has 5 rings (SSSR count). The van der Waals surface area contributed by atoms with Crippen LogP contribution in [0.2, 0.25) is 0 Å². The number of ether oxygens (including phenoxy) is 2. The Morgan fingerprint density at radius 1 is 1.06 bits per heavy atom. The van der Waals surface area contributed by atoms with Crippen LogP contribution in [0.5, 0.6) is 11.5 Å². The van der Waals surface area contributed by atoms with Crippen LogP contribution < -0.4 is 14.8 Å². The average molecular weight is 435 g/mol. The van der Waals surface area contributed by atoms with Crippen LogP contribution in [-0.4, -0.2) is 35.2 Å². The Bertz CT molecular complexity index is 1110. The van der Waals surface area contributed by atoms with Gasteiger partial charge in [0, 0.05) is 16.2 Å². The number of nitrogens with one attached hydrogen (secondary N) is 1. The largest absolute Gasteiger partial charge is 0.454 e. The lowest BCUT2D eigenvalue weighted by Gasteiger charge is -2.16. The lowest BCUT2D eigenvalue weighted by molar-refractivity contribution is -0.118. The molecule has 2 aromatic carbocycles. The Morgan fingerprint density at radius 2 is 1.87 bits per heavy atom. The Labute approximate surface area is 184 Å². The highest BCUT2D eigenvalue weighted by Gasteiger charge is 2.51. The lowest BCUT2D eigenvalue weighted by Crippen LogP contribution is -2.28. The van der Waals surface area contributed by atoms with Gasteiger partial charge in [0.05, 0.1) is 17.7 Å². The fourth-order valence-electron chi connectivity index (χ4n) is 3.75. The van der Waals surface area contributed by atoms with E-state index >= 15 is 0 Å². The topological polar surface area (TPSA) is 80.7 Å². The van der Waals surface area contributed by atoms with Crippen molar-refractivity contribution in [1.82, 2.24) is 4.98 Å². The number of aliphatic hydroxyl groups is 1. The summed E-state index contributed by atoms with van der Waals surface area (Å²) in [6.45, 7) is 0.374. The number of aromatic nitrogens is 1. The number of rotatable bonds is 7. The maximum Gasteiger partial charge on any atom is 0.236 e. The number of aliphatic hydroxyl groups excluding tert-OH is 1. The van der Waals surface area contributed by atoms with E-state index in [-0.39, 0.29) is 19.3 Å². The van der Waals surface area contributed by atoms with Crippen molar-refractivity contribution >= 4 is 23.5 Å². The number of benzene rings is 2. The summed E-state index contributed by atoms with van der Waals surface area (Å²) in [5, 5.41) is 12.0. The third kappa shape index (κ3) is 3.98. The van der Waals surface area contributed by atoms with Gasteiger partial charge >= 0.3 is 0 Å². The zero-order valence-electron chi connectivity index (χ0n) is 16.8. The molecular weight excluding hydrogens is 412 g/mol. The number of carbonyl (C=O) groups is 1. The Balaban J connectivity index is 1.32. The fourth-order valence-corrected chi connectivity index (χ4v) is 4.41. The minimum Gasteiger partial charge on any atom is -0.454 e. The molecule has 2 heterocycles. The first-order chi connectivity index (χ1) is 15.2. The maximum atomic E-state index is 13.1. The molecule has 1 saturated carbocycles. The predicted molar refractivity (Wildman–Crippen MR) is 120 cm³/mol. The van der Waals surface area contributed by atoms with E-state index in [0.29, 0.717) is 17.3 Å². The van der Waals surface area contributed by atoms with Crippen LogP contribution >= 0.6 is 11.8 Å². The van der Waals surface area contributed by atoms with Gasteiger partial charge in [-0.25, -0.2) is 4.98 Å². The van der Waals surface area contributed by atoms with Gasteiger partial charge in [0.2, 0.25) is 12.7 Å². The van der Waals surface area contributed by atoms with Crippen LogP contribution in [0.15, 0.2) is 65.6 Å². The number of hydrogen-bond acceptors (Lipinski definition) is 6. The minimum absolute atomic E-state index is 0.0493. The maximum absolute atomic E-state index is 13.1. The van der Waals surface area contributed by atoms with Gasteiger partial charge in [-0.15, -0.1) is 11.8 Å². The minimum atomic E-state index is -0.537. The smallest absolute Gasteiger partial charge is 0.236 e. The number of anilines is 1. The molecule has 7 heteroatoms. The molecular formula is C24H22N2O4S. The zero-order chi connectivity index (χ0) is 21.3. The standard InChI is InChI=1S/C24H22N2O4S/c27-12-13-31-18-7-4-16(5-8-18)19-2-1-3-22(25-19)26-23(28)24(10-11-24)17-6-9-20-21(14-17)30-15-29-20/h1-9,14,27H,10-13,15H2,(H,25,26,28). The third-order valence-corrected chi connectivity index (χ3v) is 6.60. The molecule has 1 aromatic heterocycles. The second-order valence-corrected chi connectivity index (χ2v) is 8.78. The molecule has 1 fully saturated rings. The SMILES string of the molecule is O=C(Nc1cccc(-c2ccc(SCCO)cc2)n1)C1(c2ccc3c(c2)OCO3)CC1. The van der Waals surface area contributed by atoms with Crippen LogP contribution in [0, 0.1) is 0 Å². The molecule has 0 bridgehead atoms. The first-order valence-electron chi connectivity index (χ1n) is 10.2. The molecule has 158 valence electrons. The number of fused-ring (bicyclic) bond motifs is 1. The predicted octanol–water partition coefficient (Wildman–Crippen LogP) is 4.23. The molecule has 0 unspecified atom stereocenters. The molecule has 2 N–H and O–H groups in total. The number of pyridine rings is 1. The van der Waals surface area contributed by atoms with Crippen molar-refractivity contribution in [1.29, 1.82) is 0 Å². The third-order valence-electron chi connectivity index (χ3n) is 5.61. The molecule has 1 aliphatic heterocycles. The second kappa shape index (κ2) is 8.24. The normalized spacial score (nSPS) is 15.5. The van der Waals surface area contributed by atoms with Gasteiger partial charge < -0.3 is 19.9 Å². The van der Waals surface area contributed by atoms with E-state index in [1.54, 1.807) is 11.8 Å². The molecule has 3 aromatic rings. The van der Waals surface area contributed by atoms with Crippen molar-refractivity contribution in [2.24, 2.45) is 0 Å². The number of thioether (sulfide) groups is 1. The summed E-state index contributed by atoms with van der Waals surface area (Å²) in [4.78, 5) is 18.9. The number of carbonyl (C=O) groups excluding carboxylic acids is 1. The first-order valence-corrected chi connectivity index (χ1v) is 11.2. The van der Waals surface area contributed by atoms with Gasteiger partial charge in [0.15, 0.2) is 11.5 Å². The number of nitrogens with zero attached hydrogens (tertiary/aromatic N) is 1. The van der Waals surface area contributed by atoms with E-state index in [4.69, 9.17) is 14.6 Å². The van der Waals surface area contributed by atoms with Crippen molar-refractivity contribution < 1.29 is 19.4 Å². The molecule has 0 radical (unpaired) electrons. The average Bonchev–Trinajstić information content (AvgIpc) is 3.49. The molecule has 0 saturated heterocycles. The molecule has 0 atom stereocenters. The highest BCUT2D eigenvalue weighted by molar-refractivity contribution is 7.99. The zero-order valence-corrected chi connectivity index (χ0v) is 17.7. The van der Waals surface area contributed by atoms with Gasteiger partial charge in [0.1, 0.15) is 5.82 Å². The van der Waals surface area contributed by atoms with Crippen molar-refractivity contribution in [3.63, 3.8) is 0 Å². The summed E-state index contributed by atoms with van der Waals surface area (Å²) < 4.78 is 10.9. The van der Waals surface area contributed by atoms with Crippen LogP contribution in [0.25, 0.3) is 11.3 Å². The molecule has 2 aliphatic rings. The molecule has 31 heavy (non-hydrogen) atoms. The lowest BCUT2D eigenvalue weighted by atomic mass is 9.94. The summed E-state index contributed by atoms with van der Waals surface area (Å²) >= 11 is 1.61. The van der Waals surface area contributed by atoms with Gasteiger partial charge in [-0.05, 0) is 54.8 Å². The van der Waals surface area contributed by atoms with E-state index in [0.717, 1.165) is 40.3 Å². The van der Waals surface area contributed by atoms with E-state index in [1.807, 2.05) is 60.7 Å². The molecule has 6 nitrogen and oxygen atoms in total.